The molecule has 0 spiro atoms. The number of hydrogen-bond donors (Lipinski definition) is 2. The lowest BCUT2D eigenvalue weighted by molar-refractivity contribution is -0.115. The third-order valence-corrected chi connectivity index (χ3v) is 3.21. The van der Waals surface area contributed by atoms with Gasteiger partial charge in [-0.25, -0.2) is 0 Å². The van der Waals surface area contributed by atoms with Crippen molar-refractivity contribution >= 4 is 11.6 Å². The summed E-state index contributed by atoms with van der Waals surface area (Å²) in [6.07, 6.45) is 0.352. The van der Waals surface area contributed by atoms with Crippen LogP contribution < -0.4 is 5.32 Å². The summed E-state index contributed by atoms with van der Waals surface area (Å²) >= 11 is 0. The molecular weight excluding hydrogens is 250 g/mol. The first-order valence-electron chi connectivity index (χ1n) is 6.64. The summed E-state index contributed by atoms with van der Waals surface area (Å²) in [5.41, 5.74) is 4.68. The van der Waals surface area contributed by atoms with Crippen molar-refractivity contribution in [2.75, 3.05) is 5.32 Å². The van der Waals surface area contributed by atoms with Gasteiger partial charge in [0.1, 0.15) is 0 Å². The number of carbonyl (C=O) groups excluding carboxylic acids is 1. The Labute approximate surface area is 119 Å². The predicted molar refractivity (Wildman–Crippen MR) is 80.6 cm³/mol. The van der Waals surface area contributed by atoms with E-state index in [1.54, 1.807) is 0 Å². The van der Waals surface area contributed by atoms with Gasteiger partial charge in [-0.3, -0.25) is 4.79 Å². The minimum atomic E-state index is -0.0474. The van der Waals surface area contributed by atoms with E-state index in [-0.39, 0.29) is 12.5 Å². The van der Waals surface area contributed by atoms with E-state index in [9.17, 15) is 4.79 Å². The van der Waals surface area contributed by atoms with E-state index in [2.05, 4.69) is 5.32 Å². The Morgan fingerprint density at radius 1 is 1.10 bits per heavy atom. The lowest BCUT2D eigenvalue weighted by Gasteiger charge is -2.10. The number of rotatable bonds is 4. The van der Waals surface area contributed by atoms with Crippen molar-refractivity contribution in [3.8, 4) is 0 Å². The molecule has 0 aromatic heterocycles. The molecule has 0 radical (unpaired) electrons. The molecule has 3 heteroatoms. The normalized spacial score (nSPS) is 10.3. The molecule has 0 saturated heterocycles. The van der Waals surface area contributed by atoms with Crippen LogP contribution in [0.25, 0.3) is 0 Å². The molecule has 2 N–H and O–H groups in total. The van der Waals surface area contributed by atoms with Crippen molar-refractivity contribution < 1.29 is 9.90 Å². The van der Waals surface area contributed by atoms with E-state index >= 15 is 0 Å². The Morgan fingerprint density at radius 3 is 2.60 bits per heavy atom. The fourth-order valence-corrected chi connectivity index (χ4v) is 2.10. The third-order valence-electron chi connectivity index (χ3n) is 3.21. The number of carbonyl (C=O) groups is 1. The number of hydrogen-bond acceptors (Lipinski definition) is 2. The molecule has 0 aliphatic rings. The molecule has 0 bridgehead atoms. The van der Waals surface area contributed by atoms with Crippen LogP contribution in [-0.2, 0) is 17.8 Å². The molecule has 0 fully saturated rings. The minimum Gasteiger partial charge on any atom is -0.392 e. The first-order chi connectivity index (χ1) is 9.58. The van der Waals surface area contributed by atoms with Gasteiger partial charge in [0, 0.05) is 5.69 Å². The average Bonchev–Trinajstić information content (AvgIpc) is 2.41. The zero-order chi connectivity index (χ0) is 14.5. The van der Waals surface area contributed by atoms with E-state index in [0.29, 0.717) is 6.42 Å². The van der Waals surface area contributed by atoms with Gasteiger partial charge in [-0.1, -0.05) is 42.0 Å². The molecule has 0 atom stereocenters. The fraction of sp³-hybridized carbons (Fsp3) is 0.235. The SMILES string of the molecule is Cc1cccc(CC(=O)Nc2cc(CO)ccc2C)c1. The van der Waals surface area contributed by atoms with Crippen molar-refractivity contribution in [3.05, 3.63) is 64.7 Å². The van der Waals surface area contributed by atoms with Crippen LogP contribution in [0.5, 0.6) is 0 Å². The summed E-state index contributed by atoms with van der Waals surface area (Å²) in [5, 5.41) is 12.0. The number of aliphatic hydroxyl groups excluding tert-OH is 1. The largest absolute Gasteiger partial charge is 0.392 e. The molecular formula is C17H19NO2. The van der Waals surface area contributed by atoms with Gasteiger partial charge < -0.3 is 10.4 Å². The molecule has 0 aliphatic heterocycles. The van der Waals surface area contributed by atoms with Crippen LogP contribution in [-0.4, -0.2) is 11.0 Å². The van der Waals surface area contributed by atoms with E-state index in [1.807, 2.05) is 56.3 Å². The molecule has 2 rings (SSSR count). The Bertz CT molecular complexity index is 620. The highest BCUT2D eigenvalue weighted by atomic mass is 16.3. The van der Waals surface area contributed by atoms with Gasteiger partial charge in [-0.2, -0.15) is 0 Å². The van der Waals surface area contributed by atoms with E-state index < -0.39 is 0 Å². The van der Waals surface area contributed by atoms with Crippen molar-refractivity contribution in [3.63, 3.8) is 0 Å². The van der Waals surface area contributed by atoms with Crippen LogP contribution in [0.2, 0.25) is 0 Å². The Morgan fingerprint density at radius 2 is 1.90 bits per heavy atom. The van der Waals surface area contributed by atoms with Gasteiger partial charge >= 0.3 is 0 Å². The number of aliphatic hydroxyl groups is 1. The molecule has 104 valence electrons. The van der Waals surface area contributed by atoms with Gasteiger partial charge in [-0.15, -0.1) is 0 Å². The van der Waals surface area contributed by atoms with Crippen molar-refractivity contribution in [1.82, 2.24) is 0 Å². The second-order valence-electron chi connectivity index (χ2n) is 5.02. The molecule has 2 aromatic carbocycles. The summed E-state index contributed by atoms with van der Waals surface area (Å²) in [7, 11) is 0. The Hall–Kier alpha value is -2.13. The monoisotopic (exact) mass is 269 g/mol. The maximum absolute atomic E-state index is 12.1. The second-order valence-corrected chi connectivity index (χ2v) is 5.02. The van der Waals surface area contributed by atoms with Crippen LogP contribution >= 0.6 is 0 Å². The number of amides is 1. The van der Waals surface area contributed by atoms with Gasteiger partial charge in [0.15, 0.2) is 0 Å². The van der Waals surface area contributed by atoms with Crippen LogP contribution in [0.15, 0.2) is 42.5 Å². The first-order valence-corrected chi connectivity index (χ1v) is 6.64. The highest BCUT2D eigenvalue weighted by Crippen LogP contribution is 2.17. The Balaban J connectivity index is 2.08. The number of anilines is 1. The highest BCUT2D eigenvalue weighted by molar-refractivity contribution is 5.93. The summed E-state index contributed by atoms with van der Waals surface area (Å²) in [6.45, 7) is 3.92. The van der Waals surface area contributed by atoms with Crippen molar-refractivity contribution in [2.45, 2.75) is 26.9 Å². The van der Waals surface area contributed by atoms with E-state index in [4.69, 9.17) is 5.11 Å². The average molecular weight is 269 g/mol. The molecule has 0 aliphatic carbocycles. The first kappa shape index (κ1) is 14.3. The quantitative estimate of drug-likeness (QED) is 0.896. The maximum atomic E-state index is 12.1. The highest BCUT2D eigenvalue weighted by Gasteiger charge is 2.07. The summed E-state index contributed by atoms with van der Waals surface area (Å²) in [6, 6.07) is 13.5. The van der Waals surface area contributed by atoms with Crippen molar-refractivity contribution in [1.29, 1.82) is 0 Å². The molecule has 3 nitrogen and oxygen atoms in total. The maximum Gasteiger partial charge on any atom is 0.228 e. The molecule has 20 heavy (non-hydrogen) atoms. The topological polar surface area (TPSA) is 49.3 Å². The zero-order valence-electron chi connectivity index (χ0n) is 11.8. The van der Waals surface area contributed by atoms with E-state index in [1.165, 1.54) is 0 Å². The summed E-state index contributed by atoms with van der Waals surface area (Å²) in [5.74, 6) is -0.0474. The second kappa shape index (κ2) is 6.35. The standard InChI is InChI=1S/C17H19NO2/c1-12-4-3-5-14(8-12)10-17(20)18-16-9-15(11-19)7-6-13(16)2/h3-9,19H,10-11H2,1-2H3,(H,18,20). The summed E-state index contributed by atoms with van der Waals surface area (Å²) in [4.78, 5) is 12.1. The molecule has 0 saturated carbocycles. The van der Waals surface area contributed by atoms with Crippen molar-refractivity contribution in [2.24, 2.45) is 0 Å². The summed E-state index contributed by atoms with van der Waals surface area (Å²) < 4.78 is 0. The van der Waals surface area contributed by atoms with Gasteiger partial charge in [-0.05, 0) is 36.6 Å². The zero-order valence-corrected chi connectivity index (χ0v) is 11.8. The number of nitrogens with one attached hydrogen (secondary N) is 1. The van der Waals surface area contributed by atoms with Crippen LogP contribution in [0, 0.1) is 13.8 Å². The smallest absolute Gasteiger partial charge is 0.228 e. The number of aryl methyl sites for hydroxylation is 2. The predicted octanol–water partition coefficient (Wildman–Crippen LogP) is 2.98. The van der Waals surface area contributed by atoms with Crippen LogP contribution in [0.3, 0.4) is 0 Å². The Kier molecular flexibility index (Phi) is 4.53. The lowest BCUT2D eigenvalue weighted by Crippen LogP contribution is -2.15. The van der Waals surface area contributed by atoms with Crippen LogP contribution in [0.1, 0.15) is 22.3 Å². The van der Waals surface area contributed by atoms with E-state index in [0.717, 1.165) is 27.9 Å². The third kappa shape index (κ3) is 3.68. The van der Waals surface area contributed by atoms with Crippen LogP contribution in [0.4, 0.5) is 5.69 Å². The molecule has 1 amide bonds. The van der Waals surface area contributed by atoms with Gasteiger partial charge in [0.25, 0.3) is 0 Å². The van der Waals surface area contributed by atoms with Gasteiger partial charge in [0.05, 0.1) is 13.0 Å². The minimum absolute atomic E-state index is 0.0268. The molecule has 0 heterocycles. The molecule has 2 aromatic rings. The lowest BCUT2D eigenvalue weighted by atomic mass is 10.1. The number of benzene rings is 2. The fourth-order valence-electron chi connectivity index (χ4n) is 2.10. The molecule has 0 unspecified atom stereocenters. The van der Waals surface area contributed by atoms with Gasteiger partial charge in [0.2, 0.25) is 5.91 Å².